The number of ether oxygens (including phenoxy) is 2. The third-order valence-corrected chi connectivity index (χ3v) is 4.25. The fourth-order valence-electron chi connectivity index (χ4n) is 2.96. The summed E-state index contributed by atoms with van der Waals surface area (Å²) >= 11 is 0. The fourth-order valence-corrected chi connectivity index (χ4v) is 2.96. The van der Waals surface area contributed by atoms with E-state index >= 15 is 0 Å². The molecule has 1 fully saturated rings. The maximum atomic E-state index is 5.48. The van der Waals surface area contributed by atoms with Gasteiger partial charge in [-0.2, -0.15) is 0 Å². The first-order chi connectivity index (χ1) is 10.8. The van der Waals surface area contributed by atoms with Crippen LogP contribution in [0.5, 0.6) is 11.5 Å². The first-order valence-corrected chi connectivity index (χ1v) is 7.61. The van der Waals surface area contributed by atoms with E-state index in [1.807, 2.05) is 12.1 Å². The summed E-state index contributed by atoms with van der Waals surface area (Å²) in [5, 5.41) is 1.00. The molecular weight excluding hydrogens is 280 g/mol. The van der Waals surface area contributed by atoms with Crippen molar-refractivity contribution in [3.05, 3.63) is 18.5 Å². The number of likely N-dealkylation sites (N-methyl/N-ethyl adjacent to an activating group) is 1. The lowest BCUT2D eigenvalue weighted by atomic mass is 10.2. The van der Waals surface area contributed by atoms with Gasteiger partial charge in [-0.15, -0.1) is 0 Å². The fraction of sp³-hybridized carbons (Fsp3) is 0.500. The van der Waals surface area contributed by atoms with E-state index in [1.54, 1.807) is 20.5 Å². The molecule has 1 aromatic carbocycles. The van der Waals surface area contributed by atoms with Crippen LogP contribution >= 0.6 is 0 Å². The van der Waals surface area contributed by atoms with Gasteiger partial charge in [0.2, 0.25) is 0 Å². The van der Waals surface area contributed by atoms with E-state index in [1.165, 1.54) is 0 Å². The molecule has 0 N–H and O–H groups in total. The van der Waals surface area contributed by atoms with Crippen LogP contribution in [0.2, 0.25) is 0 Å². The van der Waals surface area contributed by atoms with Gasteiger partial charge < -0.3 is 19.3 Å². The second-order valence-corrected chi connectivity index (χ2v) is 5.32. The van der Waals surface area contributed by atoms with Crippen molar-refractivity contribution in [1.29, 1.82) is 0 Å². The van der Waals surface area contributed by atoms with Gasteiger partial charge in [0.25, 0.3) is 0 Å². The van der Waals surface area contributed by atoms with Crippen molar-refractivity contribution < 1.29 is 9.47 Å². The Hall–Kier alpha value is -2.08. The number of methoxy groups -OCH3 is 2. The molecule has 1 aliphatic rings. The second kappa shape index (κ2) is 6.36. The monoisotopic (exact) mass is 302 g/mol. The maximum Gasteiger partial charge on any atom is 0.187 e. The molecule has 1 saturated heterocycles. The van der Waals surface area contributed by atoms with Crippen LogP contribution in [0.25, 0.3) is 10.9 Å². The zero-order valence-corrected chi connectivity index (χ0v) is 13.4. The number of anilines is 1. The SMILES string of the molecule is CCN1CCN(c2ncnc3c(OC)c(OC)ccc23)CC1. The van der Waals surface area contributed by atoms with Crippen LogP contribution in [0.15, 0.2) is 18.5 Å². The van der Waals surface area contributed by atoms with Gasteiger partial charge >= 0.3 is 0 Å². The van der Waals surface area contributed by atoms with Crippen LogP contribution in [0.3, 0.4) is 0 Å². The molecule has 0 unspecified atom stereocenters. The summed E-state index contributed by atoms with van der Waals surface area (Å²) in [4.78, 5) is 13.7. The topological polar surface area (TPSA) is 50.7 Å². The normalized spacial score (nSPS) is 16.0. The number of rotatable bonds is 4. The molecule has 2 heterocycles. The highest BCUT2D eigenvalue weighted by Crippen LogP contribution is 2.37. The Kier molecular flexibility index (Phi) is 4.29. The predicted octanol–water partition coefficient (Wildman–Crippen LogP) is 1.79. The molecule has 0 bridgehead atoms. The molecule has 0 atom stereocenters. The summed E-state index contributed by atoms with van der Waals surface area (Å²) in [5.41, 5.74) is 0.796. The number of piperazine rings is 1. The third-order valence-electron chi connectivity index (χ3n) is 4.25. The molecule has 6 heteroatoms. The van der Waals surface area contributed by atoms with E-state index in [0.717, 1.165) is 49.4 Å². The van der Waals surface area contributed by atoms with E-state index in [2.05, 4.69) is 26.7 Å². The molecule has 118 valence electrons. The summed E-state index contributed by atoms with van der Waals surface area (Å²) in [7, 11) is 3.27. The third kappa shape index (κ3) is 2.54. The lowest BCUT2D eigenvalue weighted by molar-refractivity contribution is 0.271. The first-order valence-electron chi connectivity index (χ1n) is 7.61. The van der Waals surface area contributed by atoms with E-state index in [0.29, 0.717) is 11.5 Å². The Bertz CT molecular complexity index is 654. The molecule has 0 aliphatic carbocycles. The average molecular weight is 302 g/mol. The van der Waals surface area contributed by atoms with Gasteiger partial charge in [-0.1, -0.05) is 6.92 Å². The van der Waals surface area contributed by atoms with Crippen molar-refractivity contribution in [3.63, 3.8) is 0 Å². The van der Waals surface area contributed by atoms with Crippen molar-refractivity contribution in [2.45, 2.75) is 6.92 Å². The minimum atomic E-state index is 0.663. The Morgan fingerprint density at radius 2 is 1.82 bits per heavy atom. The van der Waals surface area contributed by atoms with Gasteiger partial charge in [-0.05, 0) is 18.7 Å². The summed E-state index contributed by atoms with van der Waals surface area (Å²) in [6.07, 6.45) is 1.60. The summed E-state index contributed by atoms with van der Waals surface area (Å²) in [5.74, 6) is 2.33. The number of aromatic nitrogens is 2. The zero-order valence-electron chi connectivity index (χ0n) is 13.4. The molecule has 0 saturated carbocycles. The van der Waals surface area contributed by atoms with Gasteiger partial charge in [0, 0.05) is 31.6 Å². The van der Waals surface area contributed by atoms with E-state index < -0.39 is 0 Å². The molecule has 0 amide bonds. The molecule has 22 heavy (non-hydrogen) atoms. The minimum absolute atomic E-state index is 0.663. The average Bonchev–Trinajstić information content (AvgIpc) is 2.60. The molecule has 1 aliphatic heterocycles. The van der Waals surface area contributed by atoms with Gasteiger partial charge in [-0.25, -0.2) is 9.97 Å². The predicted molar refractivity (Wildman–Crippen MR) is 87.0 cm³/mol. The molecule has 3 rings (SSSR count). The molecular formula is C16H22N4O2. The second-order valence-electron chi connectivity index (χ2n) is 5.32. The van der Waals surface area contributed by atoms with E-state index in [4.69, 9.17) is 9.47 Å². The van der Waals surface area contributed by atoms with Gasteiger partial charge in [0.1, 0.15) is 17.7 Å². The summed E-state index contributed by atoms with van der Waals surface area (Å²) < 4.78 is 10.8. The first kappa shape index (κ1) is 14.8. The van der Waals surface area contributed by atoms with Crippen LogP contribution < -0.4 is 14.4 Å². The van der Waals surface area contributed by atoms with Crippen molar-refractivity contribution in [3.8, 4) is 11.5 Å². The Morgan fingerprint density at radius 1 is 1.05 bits per heavy atom. The highest BCUT2D eigenvalue weighted by molar-refractivity contribution is 5.95. The Labute approximate surface area is 130 Å². The standard InChI is InChI=1S/C16H22N4O2/c1-4-19-7-9-20(10-8-19)16-12-5-6-13(21-2)15(22-3)14(12)17-11-18-16/h5-6,11H,4,7-10H2,1-3H3. The zero-order chi connectivity index (χ0) is 15.5. The van der Waals surface area contributed by atoms with Crippen molar-refractivity contribution in [1.82, 2.24) is 14.9 Å². The lowest BCUT2D eigenvalue weighted by Gasteiger charge is -2.35. The van der Waals surface area contributed by atoms with E-state index in [9.17, 15) is 0 Å². The van der Waals surface area contributed by atoms with Crippen LogP contribution in [-0.2, 0) is 0 Å². The van der Waals surface area contributed by atoms with Crippen molar-refractivity contribution in [2.24, 2.45) is 0 Å². The molecule has 1 aromatic heterocycles. The highest BCUT2D eigenvalue weighted by atomic mass is 16.5. The highest BCUT2D eigenvalue weighted by Gasteiger charge is 2.20. The number of hydrogen-bond acceptors (Lipinski definition) is 6. The van der Waals surface area contributed by atoms with Crippen molar-refractivity contribution in [2.75, 3.05) is 51.8 Å². The quantitative estimate of drug-likeness (QED) is 0.858. The Balaban J connectivity index is 2.01. The summed E-state index contributed by atoms with van der Waals surface area (Å²) in [6.45, 7) is 7.39. The van der Waals surface area contributed by atoms with Crippen LogP contribution in [0.4, 0.5) is 5.82 Å². The minimum Gasteiger partial charge on any atom is -0.493 e. The van der Waals surface area contributed by atoms with Crippen LogP contribution in [0, 0.1) is 0 Å². The van der Waals surface area contributed by atoms with Gasteiger partial charge in [-0.3, -0.25) is 0 Å². The van der Waals surface area contributed by atoms with Crippen molar-refractivity contribution >= 4 is 16.7 Å². The maximum absolute atomic E-state index is 5.48. The number of hydrogen-bond donors (Lipinski definition) is 0. The van der Waals surface area contributed by atoms with Gasteiger partial charge in [0.05, 0.1) is 14.2 Å². The smallest absolute Gasteiger partial charge is 0.187 e. The van der Waals surface area contributed by atoms with Crippen LogP contribution in [-0.4, -0.2) is 61.8 Å². The largest absolute Gasteiger partial charge is 0.493 e. The number of nitrogens with zero attached hydrogens (tertiary/aromatic N) is 4. The van der Waals surface area contributed by atoms with Crippen LogP contribution in [0.1, 0.15) is 6.92 Å². The molecule has 0 spiro atoms. The number of benzene rings is 1. The van der Waals surface area contributed by atoms with Gasteiger partial charge in [0.15, 0.2) is 11.5 Å². The van der Waals surface area contributed by atoms with E-state index in [-0.39, 0.29) is 0 Å². The lowest BCUT2D eigenvalue weighted by Crippen LogP contribution is -2.46. The summed E-state index contributed by atoms with van der Waals surface area (Å²) in [6, 6.07) is 3.93. The number of fused-ring (bicyclic) bond motifs is 1. The molecule has 6 nitrogen and oxygen atoms in total. The Morgan fingerprint density at radius 3 is 2.45 bits per heavy atom. The molecule has 0 radical (unpaired) electrons. The molecule has 2 aromatic rings.